The number of aromatic nitrogens is 3. The molecule has 108 valence electrons. The predicted octanol–water partition coefficient (Wildman–Crippen LogP) is 2.14. The molecule has 2 rings (SSSR count). The summed E-state index contributed by atoms with van der Waals surface area (Å²) >= 11 is 0. The molecule has 19 heavy (non-hydrogen) atoms. The second-order valence-corrected chi connectivity index (χ2v) is 5.72. The summed E-state index contributed by atoms with van der Waals surface area (Å²) in [5.41, 5.74) is 0. The Morgan fingerprint density at radius 2 is 2.37 bits per heavy atom. The number of aromatic amines is 1. The summed E-state index contributed by atoms with van der Waals surface area (Å²) in [7, 11) is 2.02. The van der Waals surface area contributed by atoms with E-state index in [1.807, 2.05) is 7.05 Å². The normalized spacial score (nSPS) is 21.6. The van der Waals surface area contributed by atoms with Crippen LogP contribution in [0.2, 0.25) is 0 Å². The third kappa shape index (κ3) is 3.69. The van der Waals surface area contributed by atoms with Gasteiger partial charge in [0, 0.05) is 19.0 Å². The largest absolute Gasteiger partial charge is 0.339 e. The molecule has 2 atom stereocenters. The first-order chi connectivity index (χ1) is 9.24. The molecule has 1 aromatic heterocycles. The Morgan fingerprint density at radius 3 is 3.11 bits per heavy atom. The lowest BCUT2D eigenvalue weighted by Gasteiger charge is -2.31. The van der Waals surface area contributed by atoms with E-state index < -0.39 is 0 Å². The highest BCUT2D eigenvalue weighted by Crippen LogP contribution is 2.22. The van der Waals surface area contributed by atoms with Crippen LogP contribution in [0.15, 0.2) is 0 Å². The van der Waals surface area contributed by atoms with Crippen molar-refractivity contribution in [3.8, 4) is 0 Å². The Kier molecular flexibility index (Phi) is 5.19. The van der Waals surface area contributed by atoms with Crippen LogP contribution in [0.25, 0.3) is 0 Å². The average Bonchev–Trinajstić information content (AvgIpc) is 2.89. The summed E-state index contributed by atoms with van der Waals surface area (Å²) < 4.78 is 0. The summed E-state index contributed by atoms with van der Waals surface area (Å²) in [5.74, 6) is 3.12. The van der Waals surface area contributed by atoms with E-state index in [1.54, 1.807) is 0 Å². The SMILES string of the molecule is CCCC(C)c1nc(N2CCCC(CNC)C2)n[nH]1. The maximum Gasteiger partial charge on any atom is 0.244 e. The summed E-state index contributed by atoms with van der Waals surface area (Å²) in [4.78, 5) is 7.01. The van der Waals surface area contributed by atoms with Gasteiger partial charge in [0.25, 0.3) is 0 Å². The van der Waals surface area contributed by atoms with E-state index in [2.05, 4.69) is 39.2 Å². The number of nitrogens with zero attached hydrogens (tertiary/aromatic N) is 3. The molecule has 1 aromatic rings. The molecule has 2 N–H and O–H groups in total. The first kappa shape index (κ1) is 14.3. The lowest BCUT2D eigenvalue weighted by molar-refractivity contribution is 0.399. The van der Waals surface area contributed by atoms with Crippen molar-refractivity contribution in [3.05, 3.63) is 5.82 Å². The van der Waals surface area contributed by atoms with Crippen molar-refractivity contribution in [2.75, 3.05) is 31.6 Å². The van der Waals surface area contributed by atoms with Gasteiger partial charge in [-0.15, -0.1) is 5.10 Å². The third-order valence-electron chi connectivity index (χ3n) is 3.97. The van der Waals surface area contributed by atoms with Crippen molar-refractivity contribution in [2.24, 2.45) is 5.92 Å². The smallest absolute Gasteiger partial charge is 0.244 e. The van der Waals surface area contributed by atoms with E-state index in [0.29, 0.717) is 11.8 Å². The maximum absolute atomic E-state index is 4.69. The molecule has 1 aliphatic rings. The highest BCUT2D eigenvalue weighted by atomic mass is 15.4. The molecule has 0 aromatic carbocycles. The number of hydrogen-bond donors (Lipinski definition) is 2. The Bertz CT molecular complexity index is 374. The van der Waals surface area contributed by atoms with Gasteiger partial charge >= 0.3 is 0 Å². The van der Waals surface area contributed by atoms with Gasteiger partial charge in [0.15, 0.2) is 0 Å². The molecule has 2 heterocycles. The number of H-pyrrole nitrogens is 1. The van der Waals surface area contributed by atoms with E-state index in [0.717, 1.165) is 37.8 Å². The van der Waals surface area contributed by atoms with E-state index >= 15 is 0 Å². The zero-order valence-electron chi connectivity index (χ0n) is 12.4. The molecule has 1 fully saturated rings. The number of rotatable bonds is 6. The van der Waals surface area contributed by atoms with Gasteiger partial charge in [-0.05, 0) is 38.8 Å². The molecule has 5 heteroatoms. The van der Waals surface area contributed by atoms with Crippen LogP contribution >= 0.6 is 0 Å². The fourth-order valence-corrected chi connectivity index (χ4v) is 2.90. The fraction of sp³-hybridized carbons (Fsp3) is 0.857. The highest BCUT2D eigenvalue weighted by molar-refractivity contribution is 5.30. The Balaban J connectivity index is 1.97. The monoisotopic (exact) mass is 265 g/mol. The second kappa shape index (κ2) is 6.89. The van der Waals surface area contributed by atoms with Crippen molar-refractivity contribution < 1.29 is 0 Å². The van der Waals surface area contributed by atoms with Gasteiger partial charge in [0.05, 0.1) is 0 Å². The van der Waals surface area contributed by atoms with Gasteiger partial charge < -0.3 is 10.2 Å². The quantitative estimate of drug-likeness (QED) is 0.827. The number of hydrogen-bond acceptors (Lipinski definition) is 4. The second-order valence-electron chi connectivity index (χ2n) is 5.72. The van der Waals surface area contributed by atoms with Gasteiger partial charge in [-0.2, -0.15) is 4.98 Å². The van der Waals surface area contributed by atoms with Crippen molar-refractivity contribution >= 4 is 5.95 Å². The fourth-order valence-electron chi connectivity index (χ4n) is 2.90. The van der Waals surface area contributed by atoms with Gasteiger partial charge in [0.2, 0.25) is 5.95 Å². The molecule has 1 saturated heterocycles. The molecule has 0 amide bonds. The maximum atomic E-state index is 4.69. The minimum atomic E-state index is 0.476. The predicted molar refractivity (Wildman–Crippen MR) is 78.6 cm³/mol. The number of nitrogens with one attached hydrogen (secondary N) is 2. The van der Waals surface area contributed by atoms with E-state index in [-0.39, 0.29) is 0 Å². The number of piperidine rings is 1. The van der Waals surface area contributed by atoms with Crippen molar-refractivity contribution in [1.82, 2.24) is 20.5 Å². The first-order valence-corrected chi connectivity index (χ1v) is 7.56. The lowest BCUT2D eigenvalue weighted by atomic mass is 9.98. The Hall–Kier alpha value is -1.10. The third-order valence-corrected chi connectivity index (χ3v) is 3.97. The first-order valence-electron chi connectivity index (χ1n) is 7.56. The minimum absolute atomic E-state index is 0.476. The molecular weight excluding hydrogens is 238 g/mol. The summed E-state index contributed by atoms with van der Waals surface area (Å²) in [5, 5.41) is 10.8. The topological polar surface area (TPSA) is 56.8 Å². The summed E-state index contributed by atoms with van der Waals surface area (Å²) in [6.07, 6.45) is 4.89. The molecule has 2 unspecified atom stereocenters. The molecule has 0 radical (unpaired) electrons. The van der Waals surface area contributed by atoms with Crippen LogP contribution in [0.1, 0.15) is 51.3 Å². The van der Waals surface area contributed by atoms with Crippen LogP contribution < -0.4 is 10.2 Å². The molecule has 5 nitrogen and oxygen atoms in total. The Morgan fingerprint density at radius 1 is 1.53 bits per heavy atom. The molecule has 1 aliphatic heterocycles. The lowest BCUT2D eigenvalue weighted by Crippen LogP contribution is -2.39. The van der Waals surface area contributed by atoms with Gasteiger partial charge in [-0.1, -0.05) is 20.3 Å². The molecule has 0 bridgehead atoms. The molecule has 0 aliphatic carbocycles. The van der Waals surface area contributed by atoms with Crippen LogP contribution in [0.4, 0.5) is 5.95 Å². The van der Waals surface area contributed by atoms with Gasteiger partial charge in [-0.3, -0.25) is 5.10 Å². The zero-order chi connectivity index (χ0) is 13.7. The van der Waals surface area contributed by atoms with Crippen molar-refractivity contribution in [3.63, 3.8) is 0 Å². The standard InChI is InChI=1S/C14H27N5/c1-4-6-11(2)13-16-14(18-17-13)19-8-5-7-12(10-19)9-15-3/h11-12,15H,4-10H2,1-3H3,(H,16,17,18). The molecule has 0 spiro atoms. The Labute approximate surface area is 116 Å². The zero-order valence-corrected chi connectivity index (χ0v) is 12.4. The molecular formula is C14H27N5. The van der Waals surface area contributed by atoms with Crippen molar-refractivity contribution in [1.29, 1.82) is 0 Å². The van der Waals surface area contributed by atoms with E-state index in [1.165, 1.54) is 19.3 Å². The van der Waals surface area contributed by atoms with Crippen molar-refractivity contribution in [2.45, 2.75) is 45.4 Å². The molecule has 0 saturated carbocycles. The van der Waals surface area contributed by atoms with Gasteiger partial charge in [0.1, 0.15) is 5.82 Å². The van der Waals surface area contributed by atoms with E-state index in [4.69, 9.17) is 0 Å². The number of anilines is 1. The minimum Gasteiger partial charge on any atom is -0.339 e. The van der Waals surface area contributed by atoms with Crippen LogP contribution in [-0.2, 0) is 0 Å². The summed E-state index contributed by atoms with van der Waals surface area (Å²) in [6, 6.07) is 0. The van der Waals surface area contributed by atoms with E-state index in [9.17, 15) is 0 Å². The van der Waals surface area contributed by atoms with Crippen LogP contribution in [0.3, 0.4) is 0 Å². The highest BCUT2D eigenvalue weighted by Gasteiger charge is 2.22. The van der Waals surface area contributed by atoms with Crippen LogP contribution in [0.5, 0.6) is 0 Å². The average molecular weight is 265 g/mol. The van der Waals surface area contributed by atoms with Gasteiger partial charge in [-0.25, -0.2) is 0 Å². The van der Waals surface area contributed by atoms with Crippen LogP contribution in [-0.4, -0.2) is 41.9 Å². The summed E-state index contributed by atoms with van der Waals surface area (Å²) in [6.45, 7) is 7.66. The van der Waals surface area contributed by atoms with Crippen LogP contribution in [0, 0.1) is 5.92 Å².